The summed E-state index contributed by atoms with van der Waals surface area (Å²) in [5.74, 6) is -0.505. The molecular formula is C14H7BrFN3. The maximum atomic E-state index is 13.3. The predicted octanol–water partition coefficient (Wildman–Crippen LogP) is 4.08. The Balaban J connectivity index is 2.42. The van der Waals surface area contributed by atoms with Crippen LogP contribution in [0.4, 0.5) is 15.8 Å². The van der Waals surface area contributed by atoms with Gasteiger partial charge in [0.25, 0.3) is 0 Å². The Hall–Kier alpha value is -2.37. The first kappa shape index (κ1) is 13.1. The zero-order valence-corrected chi connectivity index (χ0v) is 11.2. The molecule has 0 aliphatic carbocycles. The van der Waals surface area contributed by atoms with Crippen molar-refractivity contribution in [2.24, 2.45) is 0 Å². The first-order chi connectivity index (χ1) is 9.12. The van der Waals surface area contributed by atoms with Crippen molar-refractivity contribution >= 4 is 27.3 Å². The highest BCUT2D eigenvalue weighted by Gasteiger charge is 2.05. The highest BCUT2D eigenvalue weighted by Crippen LogP contribution is 2.25. The lowest BCUT2D eigenvalue weighted by atomic mass is 10.1. The van der Waals surface area contributed by atoms with Crippen LogP contribution in [0.5, 0.6) is 0 Å². The van der Waals surface area contributed by atoms with Gasteiger partial charge in [0.05, 0.1) is 22.9 Å². The van der Waals surface area contributed by atoms with Crippen LogP contribution in [-0.4, -0.2) is 0 Å². The van der Waals surface area contributed by atoms with Gasteiger partial charge in [0.1, 0.15) is 11.9 Å². The molecule has 2 rings (SSSR count). The first-order valence-corrected chi connectivity index (χ1v) is 6.09. The Kier molecular flexibility index (Phi) is 3.79. The minimum atomic E-state index is -0.505. The molecule has 0 saturated heterocycles. The highest BCUT2D eigenvalue weighted by molar-refractivity contribution is 9.10. The SMILES string of the molecule is N#Cc1cc(F)cc(Nc2cc(Br)ccc2C#N)c1. The molecule has 19 heavy (non-hydrogen) atoms. The predicted molar refractivity (Wildman–Crippen MR) is 73.3 cm³/mol. The van der Waals surface area contributed by atoms with Crippen molar-refractivity contribution in [3.8, 4) is 12.1 Å². The number of hydrogen-bond acceptors (Lipinski definition) is 3. The Labute approximate surface area is 118 Å². The zero-order valence-electron chi connectivity index (χ0n) is 9.61. The third kappa shape index (κ3) is 3.09. The van der Waals surface area contributed by atoms with Gasteiger partial charge >= 0.3 is 0 Å². The van der Waals surface area contributed by atoms with Crippen molar-refractivity contribution in [1.29, 1.82) is 10.5 Å². The lowest BCUT2D eigenvalue weighted by Gasteiger charge is -2.09. The highest BCUT2D eigenvalue weighted by atomic mass is 79.9. The van der Waals surface area contributed by atoms with Gasteiger partial charge in [0, 0.05) is 10.2 Å². The van der Waals surface area contributed by atoms with Crippen molar-refractivity contribution in [2.45, 2.75) is 0 Å². The number of halogens is 2. The molecule has 2 aromatic rings. The molecule has 0 unspecified atom stereocenters. The molecule has 0 aromatic heterocycles. The quantitative estimate of drug-likeness (QED) is 0.908. The van der Waals surface area contributed by atoms with Crippen LogP contribution in [-0.2, 0) is 0 Å². The minimum absolute atomic E-state index is 0.219. The Bertz CT molecular complexity index is 714. The van der Waals surface area contributed by atoms with E-state index in [4.69, 9.17) is 10.5 Å². The van der Waals surface area contributed by atoms with Crippen molar-refractivity contribution in [2.75, 3.05) is 5.32 Å². The van der Waals surface area contributed by atoms with Gasteiger partial charge in [-0.05, 0) is 36.4 Å². The van der Waals surface area contributed by atoms with Crippen molar-refractivity contribution < 1.29 is 4.39 Å². The molecule has 0 atom stereocenters. The van der Waals surface area contributed by atoms with E-state index in [1.165, 1.54) is 12.1 Å². The fourth-order valence-corrected chi connectivity index (χ4v) is 1.96. The molecule has 0 aliphatic rings. The molecule has 0 heterocycles. The number of anilines is 2. The summed E-state index contributed by atoms with van der Waals surface area (Å²) in [6.07, 6.45) is 0. The molecule has 0 radical (unpaired) electrons. The molecule has 2 aromatic carbocycles. The van der Waals surface area contributed by atoms with E-state index in [0.29, 0.717) is 16.9 Å². The molecule has 0 saturated carbocycles. The summed E-state index contributed by atoms with van der Waals surface area (Å²) in [6, 6.07) is 13.0. The van der Waals surface area contributed by atoms with Crippen LogP contribution >= 0.6 is 15.9 Å². The summed E-state index contributed by atoms with van der Waals surface area (Å²) in [5, 5.41) is 20.7. The Morgan fingerprint density at radius 2 is 1.84 bits per heavy atom. The third-order valence-corrected chi connectivity index (χ3v) is 2.90. The van der Waals surface area contributed by atoms with Gasteiger partial charge < -0.3 is 5.32 Å². The van der Waals surface area contributed by atoms with Crippen molar-refractivity contribution in [1.82, 2.24) is 0 Å². The van der Waals surface area contributed by atoms with Crippen LogP contribution in [0, 0.1) is 28.5 Å². The second kappa shape index (κ2) is 5.51. The van der Waals surface area contributed by atoms with Gasteiger partial charge in [0.15, 0.2) is 0 Å². The van der Waals surface area contributed by atoms with Crippen LogP contribution in [0.25, 0.3) is 0 Å². The summed E-state index contributed by atoms with van der Waals surface area (Å²) < 4.78 is 14.1. The van der Waals surface area contributed by atoms with Crippen LogP contribution in [0.3, 0.4) is 0 Å². The number of nitriles is 2. The van der Waals surface area contributed by atoms with Crippen LogP contribution in [0.1, 0.15) is 11.1 Å². The Morgan fingerprint density at radius 1 is 1.05 bits per heavy atom. The van der Waals surface area contributed by atoms with Gasteiger partial charge in [0.2, 0.25) is 0 Å². The molecular weight excluding hydrogens is 309 g/mol. The number of nitrogens with one attached hydrogen (secondary N) is 1. The van der Waals surface area contributed by atoms with E-state index >= 15 is 0 Å². The molecule has 0 fully saturated rings. The lowest BCUT2D eigenvalue weighted by Crippen LogP contribution is -1.95. The minimum Gasteiger partial charge on any atom is -0.354 e. The van der Waals surface area contributed by atoms with Gasteiger partial charge in [-0.15, -0.1) is 0 Å². The standard InChI is InChI=1S/C14H7BrFN3/c15-11-2-1-10(8-18)14(5-11)19-13-4-9(7-17)3-12(16)6-13/h1-6,19H. The van der Waals surface area contributed by atoms with Crippen LogP contribution < -0.4 is 5.32 Å². The molecule has 0 amide bonds. The van der Waals surface area contributed by atoms with E-state index in [2.05, 4.69) is 21.2 Å². The van der Waals surface area contributed by atoms with Crippen LogP contribution in [0.15, 0.2) is 40.9 Å². The fourth-order valence-electron chi connectivity index (χ4n) is 1.60. The Morgan fingerprint density at radius 3 is 2.53 bits per heavy atom. The average molecular weight is 316 g/mol. The summed E-state index contributed by atoms with van der Waals surface area (Å²) >= 11 is 3.31. The first-order valence-electron chi connectivity index (χ1n) is 5.30. The van der Waals surface area contributed by atoms with E-state index in [9.17, 15) is 4.39 Å². The van der Waals surface area contributed by atoms with E-state index < -0.39 is 5.82 Å². The molecule has 0 aliphatic heterocycles. The average Bonchev–Trinajstić information content (AvgIpc) is 2.38. The van der Waals surface area contributed by atoms with Gasteiger partial charge in [-0.25, -0.2) is 4.39 Å². The number of nitrogens with zero attached hydrogens (tertiary/aromatic N) is 2. The second-order valence-electron chi connectivity index (χ2n) is 3.77. The zero-order chi connectivity index (χ0) is 13.8. The molecule has 5 heteroatoms. The van der Waals surface area contributed by atoms with Crippen LogP contribution in [0.2, 0.25) is 0 Å². The smallest absolute Gasteiger partial charge is 0.126 e. The largest absolute Gasteiger partial charge is 0.354 e. The van der Waals surface area contributed by atoms with E-state index in [-0.39, 0.29) is 5.56 Å². The topological polar surface area (TPSA) is 59.6 Å². The third-order valence-electron chi connectivity index (χ3n) is 2.41. The summed E-state index contributed by atoms with van der Waals surface area (Å²) in [5.41, 5.74) is 1.62. The van der Waals surface area contributed by atoms with E-state index in [1.807, 2.05) is 12.1 Å². The van der Waals surface area contributed by atoms with Gasteiger partial charge in [-0.2, -0.15) is 10.5 Å². The van der Waals surface area contributed by atoms with Crippen molar-refractivity contribution in [3.05, 3.63) is 57.8 Å². The van der Waals surface area contributed by atoms with Gasteiger partial charge in [-0.1, -0.05) is 15.9 Å². The lowest BCUT2D eigenvalue weighted by molar-refractivity contribution is 0.628. The number of hydrogen-bond donors (Lipinski definition) is 1. The maximum Gasteiger partial charge on any atom is 0.126 e. The summed E-state index contributed by atoms with van der Waals surface area (Å²) in [6.45, 7) is 0. The van der Waals surface area contributed by atoms with Crippen molar-refractivity contribution in [3.63, 3.8) is 0 Å². The number of rotatable bonds is 2. The molecule has 0 spiro atoms. The van der Waals surface area contributed by atoms with Gasteiger partial charge in [-0.3, -0.25) is 0 Å². The molecule has 0 bridgehead atoms. The summed E-state index contributed by atoms with van der Waals surface area (Å²) in [7, 11) is 0. The maximum absolute atomic E-state index is 13.3. The monoisotopic (exact) mass is 315 g/mol. The molecule has 1 N–H and O–H groups in total. The normalized spacial score (nSPS) is 9.47. The fraction of sp³-hybridized carbons (Fsp3) is 0. The number of benzene rings is 2. The molecule has 3 nitrogen and oxygen atoms in total. The summed E-state index contributed by atoms with van der Waals surface area (Å²) in [4.78, 5) is 0. The second-order valence-corrected chi connectivity index (χ2v) is 4.68. The molecule has 92 valence electrons. The van der Waals surface area contributed by atoms with E-state index in [1.54, 1.807) is 18.2 Å². The van der Waals surface area contributed by atoms with E-state index in [0.717, 1.165) is 10.5 Å².